The maximum Gasteiger partial charge on any atom is 0.335 e. The van der Waals surface area contributed by atoms with Gasteiger partial charge in [-0.05, 0) is 36.4 Å². The van der Waals surface area contributed by atoms with Gasteiger partial charge in [0.15, 0.2) is 0 Å². The molecule has 3 aromatic rings. The molecule has 0 atom stereocenters. The monoisotopic (exact) mass is 302 g/mol. The highest BCUT2D eigenvalue weighted by molar-refractivity contribution is 6.32. The lowest BCUT2D eigenvalue weighted by Gasteiger charge is -2.08. The minimum absolute atomic E-state index is 0.212. The van der Waals surface area contributed by atoms with Crippen LogP contribution in [0.4, 0.5) is 0 Å². The van der Waals surface area contributed by atoms with E-state index < -0.39 is 5.97 Å². The van der Waals surface area contributed by atoms with Crippen LogP contribution in [-0.4, -0.2) is 27.7 Å². The number of benzene rings is 2. The molecular weight excluding hydrogens is 292 g/mol. The molecule has 0 aliphatic rings. The number of nitrogens with zero attached hydrogens (tertiary/aromatic N) is 2. The smallest absolute Gasteiger partial charge is 0.335 e. The average Bonchev–Trinajstić information content (AvgIpc) is 2.90. The molecule has 0 aliphatic heterocycles. The van der Waals surface area contributed by atoms with Gasteiger partial charge >= 0.3 is 5.97 Å². The number of aromatic carboxylic acids is 1. The number of imidazole rings is 1. The molecule has 0 amide bonds. The third kappa shape index (κ3) is 2.32. The Morgan fingerprint density at radius 2 is 2.10 bits per heavy atom. The molecule has 1 heterocycles. The lowest BCUT2D eigenvalue weighted by molar-refractivity contribution is 0.0697. The van der Waals surface area contributed by atoms with Crippen molar-refractivity contribution >= 4 is 28.6 Å². The van der Waals surface area contributed by atoms with E-state index in [-0.39, 0.29) is 5.56 Å². The first-order valence-electron chi connectivity index (χ1n) is 6.14. The summed E-state index contributed by atoms with van der Waals surface area (Å²) in [6.45, 7) is 0. The molecule has 0 aliphatic carbocycles. The van der Waals surface area contributed by atoms with Crippen LogP contribution in [0.2, 0.25) is 5.02 Å². The van der Waals surface area contributed by atoms with E-state index in [0.717, 1.165) is 5.69 Å². The van der Waals surface area contributed by atoms with Crippen LogP contribution in [-0.2, 0) is 0 Å². The zero-order valence-corrected chi connectivity index (χ0v) is 11.8. The Morgan fingerprint density at radius 1 is 1.29 bits per heavy atom. The van der Waals surface area contributed by atoms with Gasteiger partial charge in [-0.25, -0.2) is 9.78 Å². The van der Waals surface area contributed by atoms with E-state index in [1.807, 2.05) is 6.07 Å². The summed E-state index contributed by atoms with van der Waals surface area (Å²) in [5, 5.41) is 9.57. The molecule has 6 heteroatoms. The zero-order valence-electron chi connectivity index (χ0n) is 11.1. The maximum atomic E-state index is 11.1. The van der Waals surface area contributed by atoms with Gasteiger partial charge in [-0.3, -0.25) is 4.57 Å². The summed E-state index contributed by atoms with van der Waals surface area (Å²) in [7, 11) is 1.55. The minimum atomic E-state index is -0.975. The topological polar surface area (TPSA) is 64.4 Å². The first-order valence-corrected chi connectivity index (χ1v) is 6.52. The van der Waals surface area contributed by atoms with E-state index in [1.165, 1.54) is 6.07 Å². The molecule has 0 radical (unpaired) electrons. The second kappa shape index (κ2) is 5.10. The summed E-state index contributed by atoms with van der Waals surface area (Å²) >= 11 is 6.13. The number of ether oxygens (including phenoxy) is 1. The fourth-order valence-electron chi connectivity index (χ4n) is 2.15. The van der Waals surface area contributed by atoms with Crippen LogP contribution in [0.3, 0.4) is 0 Å². The third-order valence-corrected chi connectivity index (χ3v) is 3.50. The Balaban J connectivity index is 2.18. The van der Waals surface area contributed by atoms with Gasteiger partial charge in [0.25, 0.3) is 0 Å². The summed E-state index contributed by atoms with van der Waals surface area (Å²) in [5.41, 5.74) is 2.41. The molecular formula is C15H11ClN2O3. The number of rotatable bonds is 3. The molecule has 21 heavy (non-hydrogen) atoms. The second-order valence-electron chi connectivity index (χ2n) is 4.44. The summed E-state index contributed by atoms with van der Waals surface area (Å²) < 4.78 is 6.91. The molecule has 2 aromatic carbocycles. The Labute approximate surface area is 125 Å². The van der Waals surface area contributed by atoms with E-state index in [0.29, 0.717) is 21.8 Å². The van der Waals surface area contributed by atoms with E-state index in [2.05, 4.69) is 4.98 Å². The Bertz CT molecular complexity index is 842. The second-order valence-corrected chi connectivity index (χ2v) is 4.85. The van der Waals surface area contributed by atoms with Crippen LogP contribution in [0.5, 0.6) is 5.75 Å². The number of carboxylic acids is 1. The fraction of sp³-hybridized carbons (Fsp3) is 0.0667. The molecule has 0 saturated heterocycles. The highest BCUT2D eigenvalue weighted by Crippen LogP contribution is 2.28. The van der Waals surface area contributed by atoms with Crippen molar-refractivity contribution in [1.29, 1.82) is 0 Å². The molecule has 0 bridgehead atoms. The van der Waals surface area contributed by atoms with Crippen molar-refractivity contribution in [2.75, 3.05) is 7.11 Å². The van der Waals surface area contributed by atoms with Crippen molar-refractivity contribution in [3.8, 4) is 11.4 Å². The van der Waals surface area contributed by atoms with Crippen molar-refractivity contribution in [3.63, 3.8) is 0 Å². The van der Waals surface area contributed by atoms with E-state index in [4.69, 9.17) is 21.4 Å². The number of hydrogen-bond acceptors (Lipinski definition) is 3. The number of halogens is 1. The Kier molecular flexibility index (Phi) is 3.27. The lowest BCUT2D eigenvalue weighted by Crippen LogP contribution is -1.97. The van der Waals surface area contributed by atoms with Gasteiger partial charge in [-0.2, -0.15) is 0 Å². The molecule has 0 unspecified atom stereocenters. The van der Waals surface area contributed by atoms with Crippen LogP contribution < -0.4 is 4.74 Å². The summed E-state index contributed by atoms with van der Waals surface area (Å²) in [6, 6.07) is 10.1. The summed E-state index contributed by atoms with van der Waals surface area (Å²) in [5.74, 6) is -0.395. The predicted octanol–water partition coefficient (Wildman–Crippen LogP) is 3.39. The van der Waals surface area contributed by atoms with Crippen molar-refractivity contribution < 1.29 is 14.6 Å². The number of aromatic nitrogens is 2. The third-order valence-electron chi connectivity index (χ3n) is 3.21. The van der Waals surface area contributed by atoms with Crippen molar-refractivity contribution in [2.45, 2.75) is 0 Å². The van der Waals surface area contributed by atoms with E-state index in [9.17, 15) is 4.79 Å². The highest BCUT2D eigenvalue weighted by Gasteiger charge is 2.10. The summed E-state index contributed by atoms with van der Waals surface area (Å²) in [4.78, 5) is 15.3. The molecule has 3 rings (SSSR count). The predicted molar refractivity (Wildman–Crippen MR) is 79.6 cm³/mol. The Morgan fingerprint density at radius 3 is 2.76 bits per heavy atom. The standard InChI is InChI=1S/C15H11ClN2O3/c1-21-14-5-3-10(7-11(14)16)18-8-17-12-4-2-9(15(19)20)6-13(12)18/h2-8H,1H3,(H,19,20). The SMILES string of the molecule is COc1ccc(-n2cnc3ccc(C(=O)O)cc32)cc1Cl. The van der Waals surface area contributed by atoms with Crippen LogP contribution >= 0.6 is 11.6 Å². The first kappa shape index (κ1) is 13.5. The van der Waals surface area contributed by atoms with Gasteiger partial charge in [0.05, 0.1) is 28.7 Å². The van der Waals surface area contributed by atoms with Crippen molar-refractivity contribution in [3.05, 3.63) is 53.3 Å². The van der Waals surface area contributed by atoms with Gasteiger partial charge in [0, 0.05) is 5.69 Å². The van der Waals surface area contributed by atoms with Gasteiger partial charge < -0.3 is 9.84 Å². The molecule has 0 fully saturated rings. The molecule has 1 N–H and O–H groups in total. The minimum Gasteiger partial charge on any atom is -0.495 e. The summed E-state index contributed by atoms with van der Waals surface area (Å²) in [6.07, 6.45) is 1.63. The van der Waals surface area contributed by atoms with E-state index >= 15 is 0 Å². The number of carbonyl (C=O) groups is 1. The largest absolute Gasteiger partial charge is 0.495 e. The van der Waals surface area contributed by atoms with Gasteiger partial charge in [-0.1, -0.05) is 11.6 Å². The maximum absolute atomic E-state index is 11.1. The van der Waals surface area contributed by atoms with Crippen LogP contribution in [0, 0.1) is 0 Å². The number of fused-ring (bicyclic) bond motifs is 1. The molecule has 106 valence electrons. The number of methoxy groups -OCH3 is 1. The van der Waals surface area contributed by atoms with Crippen molar-refractivity contribution in [1.82, 2.24) is 9.55 Å². The quantitative estimate of drug-likeness (QED) is 0.805. The van der Waals surface area contributed by atoms with Crippen molar-refractivity contribution in [2.24, 2.45) is 0 Å². The highest BCUT2D eigenvalue weighted by atomic mass is 35.5. The molecule has 5 nitrogen and oxygen atoms in total. The van der Waals surface area contributed by atoms with Crippen LogP contribution in [0.1, 0.15) is 10.4 Å². The molecule has 0 saturated carbocycles. The van der Waals surface area contributed by atoms with Crippen LogP contribution in [0.25, 0.3) is 16.7 Å². The normalized spacial score (nSPS) is 10.8. The van der Waals surface area contributed by atoms with Gasteiger partial charge in [0.2, 0.25) is 0 Å². The fourth-order valence-corrected chi connectivity index (χ4v) is 2.40. The molecule has 1 aromatic heterocycles. The van der Waals surface area contributed by atoms with E-state index in [1.54, 1.807) is 42.3 Å². The first-order chi connectivity index (χ1) is 10.1. The lowest BCUT2D eigenvalue weighted by atomic mass is 10.2. The van der Waals surface area contributed by atoms with Crippen LogP contribution in [0.15, 0.2) is 42.7 Å². The van der Waals surface area contributed by atoms with Gasteiger partial charge in [-0.15, -0.1) is 0 Å². The Hall–Kier alpha value is -2.53. The zero-order chi connectivity index (χ0) is 15.0. The number of carboxylic acid groups (broad SMARTS) is 1. The molecule has 0 spiro atoms. The number of hydrogen-bond donors (Lipinski definition) is 1. The van der Waals surface area contributed by atoms with Gasteiger partial charge in [0.1, 0.15) is 12.1 Å². The average molecular weight is 303 g/mol.